The molecular weight excluding hydrogens is 400 g/mol. The predicted octanol–water partition coefficient (Wildman–Crippen LogP) is 4.19. The van der Waals surface area contributed by atoms with Crippen molar-refractivity contribution in [3.8, 4) is 11.5 Å². The molecule has 1 amide bonds. The summed E-state index contributed by atoms with van der Waals surface area (Å²) in [5, 5.41) is 2.76. The van der Waals surface area contributed by atoms with E-state index in [4.69, 9.17) is 4.74 Å². The normalized spacial score (nSPS) is 11.3. The summed E-state index contributed by atoms with van der Waals surface area (Å²) in [7, 11) is -3.58. The van der Waals surface area contributed by atoms with Crippen molar-refractivity contribution < 1.29 is 17.9 Å². The summed E-state index contributed by atoms with van der Waals surface area (Å²) >= 11 is 0. The Balaban J connectivity index is 1.72. The summed E-state index contributed by atoms with van der Waals surface area (Å²) in [6.07, 6.45) is 1.10. The molecule has 0 saturated heterocycles. The zero-order valence-electron chi connectivity index (χ0n) is 16.9. The number of sulfonamides is 1. The van der Waals surface area contributed by atoms with Gasteiger partial charge in [-0.15, -0.1) is 0 Å². The Bertz CT molecular complexity index is 1100. The monoisotopic (exact) mass is 424 g/mol. The number of ether oxygens (including phenoxy) is 1. The van der Waals surface area contributed by atoms with Gasteiger partial charge in [0, 0.05) is 6.54 Å². The molecule has 0 saturated carbocycles. The van der Waals surface area contributed by atoms with Gasteiger partial charge in [0.2, 0.25) is 15.9 Å². The van der Waals surface area contributed by atoms with Crippen LogP contribution in [0.25, 0.3) is 0 Å². The van der Waals surface area contributed by atoms with Gasteiger partial charge in [-0.3, -0.25) is 4.79 Å². The highest BCUT2D eigenvalue weighted by Crippen LogP contribution is 2.29. The van der Waals surface area contributed by atoms with Gasteiger partial charge in [0.15, 0.2) is 5.75 Å². The van der Waals surface area contributed by atoms with Crippen LogP contribution in [-0.2, 0) is 21.4 Å². The van der Waals surface area contributed by atoms with Crippen molar-refractivity contribution in [2.45, 2.75) is 13.5 Å². The molecule has 3 aromatic carbocycles. The van der Waals surface area contributed by atoms with Crippen LogP contribution >= 0.6 is 0 Å². The van der Waals surface area contributed by atoms with Crippen molar-refractivity contribution in [1.29, 1.82) is 0 Å². The number of carbonyl (C=O) groups excluding carboxylic acids is 1. The number of hydrogen-bond donors (Lipinski definition) is 1. The molecule has 7 heteroatoms. The number of hydrogen-bond acceptors (Lipinski definition) is 4. The van der Waals surface area contributed by atoms with Crippen molar-refractivity contribution in [1.82, 2.24) is 4.31 Å². The van der Waals surface area contributed by atoms with E-state index in [-0.39, 0.29) is 13.1 Å². The first-order valence-electron chi connectivity index (χ1n) is 9.44. The number of nitrogens with zero attached hydrogens (tertiary/aromatic N) is 1. The van der Waals surface area contributed by atoms with Crippen LogP contribution in [0, 0.1) is 6.92 Å². The molecule has 6 nitrogen and oxygen atoms in total. The van der Waals surface area contributed by atoms with Gasteiger partial charge in [-0.25, -0.2) is 8.42 Å². The quantitative estimate of drug-likeness (QED) is 0.588. The standard InChI is InChI=1S/C23H24N2O4S/c1-18-12-14-19(15-13-18)16-25(30(2,27)28)17-23(26)24-21-10-6-7-11-22(21)29-20-8-4-3-5-9-20/h3-15H,16-17H2,1-2H3,(H,24,26). The fraction of sp³-hybridized carbons (Fsp3) is 0.174. The number of carbonyl (C=O) groups is 1. The number of anilines is 1. The average Bonchev–Trinajstić information content (AvgIpc) is 2.71. The van der Waals surface area contributed by atoms with Crippen molar-refractivity contribution in [2.24, 2.45) is 0 Å². The largest absolute Gasteiger partial charge is 0.455 e. The van der Waals surface area contributed by atoms with E-state index >= 15 is 0 Å². The minimum absolute atomic E-state index is 0.120. The Morgan fingerprint density at radius 2 is 1.57 bits per heavy atom. The highest BCUT2D eigenvalue weighted by Gasteiger charge is 2.21. The van der Waals surface area contributed by atoms with Crippen molar-refractivity contribution in [3.63, 3.8) is 0 Å². The average molecular weight is 425 g/mol. The molecule has 0 heterocycles. The molecule has 3 rings (SSSR count). The van der Waals surface area contributed by atoms with Gasteiger partial charge in [-0.2, -0.15) is 4.31 Å². The van der Waals surface area contributed by atoms with Gasteiger partial charge < -0.3 is 10.1 Å². The molecule has 0 aliphatic rings. The van der Waals surface area contributed by atoms with Gasteiger partial charge in [0.05, 0.1) is 18.5 Å². The van der Waals surface area contributed by atoms with Crippen molar-refractivity contribution in [3.05, 3.63) is 90.0 Å². The van der Waals surface area contributed by atoms with Crippen LogP contribution < -0.4 is 10.1 Å². The molecule has 0 fully saturated rings. The first-order chi connectivity index (χ1) is 14.3. The fourth-order valence-corrected chi connectivity index (χ4v) is 3.55. The van der Waals surface area contributed by atoms with Gasteiger partial charge in [0.25, 0.3) is 0 Å². The summed E-state index contributed by atoms with van der Waals surface area (Å²) in [5.74, 6) is 0.662. The molecule has 3 aromatic rings. The number of benzene rings is 3. The van der Waals surface area contributed by atoms with Gasteiger partial charge in [0.1, 0.15) is 5.75 Å². The van der Waals surface area contributed by atoms with Crippen LogP contribution in [0.1, 0.15) is 11.1 Å². The zero-order valence-corrected chi connectivity index (χ0v) is 17.7. The second kappa shape index (κ2) is 9.56. The first kappa shape index (κ1) is 21.5. The molecule has 156 valence electrons. The molecule has 30 heavy (non-hydrogen) atoms. The summed E-state index contributed by atoms with van der Waals surface area (Å²) in [6, 6.07) is 23.8. The summed E-state index contributed by atoms with van der Waals surface area (Å²) in [5.41, 5.74) is 2.36. The van der Waals surface area contributed by atoms with E-state index in [1.54, 1.807) is 24.3 Å². The second-order valence-electron chi connectivity index (χ2n) is 6.98. The van der Waals surface area contributed by atoms with Gasteiger partial charge in [-0.05, 0) is 36.8 Å². The molecule has 0 unspecified atom stereocenters. The number of aryl methyl sites for hydroxylation is 1. The number of para-hydroxylation sites is 3. The molecular formula is C23H24N2O4S. The SMILES string of the molecule is Cc1ccc(CN(CC(=O)Nc2ccccc2Oc2ccccc2)S(C)(=O)=O)cc1. The Morgan fingerprint density at radius 1 is 0.933 bits per heavy atom. The molecule has 0 spiro atoms. The van der Waals surface area contributed by atoms with Crippen LogP contribution in [-0.4, -0.2) is 31.4 Å². The first-order valence-corrected chi connectivity index (χ1v) is 11.3. The molecule has 0 aliphatic carbocycles. The van der Waals surface area contributed by atoms with Crippen LogP contribution in [0.15, 0.2) is 78.9 Å². The van der Waals surface area contributed by atoms with E-state index in [2.05, 4.69) is 5.32 Å². The van der Waals surface area contributed by atoms with E-state index in [1.807, 2.05) is 61.5 Å². The van der Waals surface area contributed by atoms with Crippen LogP contribution in [0.3, 0.4) is 0 Å². The lowest BCUT2D eigenvalue weighted by molar-refractivity contribution is -0.116. The predicted molar refractivity (Wildman–Crippen MR) is 118 cm³/mol. The molecule has 0 atom stereocenters. The lowest BCUT2D eigenvalue weighted by Gasteiger charge is -2.20. The third kappa shape index (κ3) is 6.17. The fourth-order valence-electron chi connectivity index (χ4n) is 2.81. The highest BCUT2D eigenvalue weighted by atomic mass is 32.2. The Hall–Kier alpha value is -3.16. The minimum atomic E-state index is -3.58. The highest BCUT2D eigenvalue weighted by molar-refractivity contribution is 7.88. The van der Waals surface area contributed by atoms with Crippen molar-refractivity contribution >= 4 is 21.6 Å². The smallest absolute Gasteiger partial charge is 0.239 e. The number of rotatable bonds is 8. The maximum absolute atomic E-state index is 12.6. The van der Waals surface area contributed by atoms with E-state index in [0.29, 0.717) is 17.2 Å². The van der Waals surface area contributed by atoms with E-state index < -0.39 is 15.9 Å². The summed E-state index contributed by atoms with van der Waals surface area (Å²) in [6.45, 7) is 1.78. The van der Waals surface area contributed by atoms with Gasteiger partial charge in [-0.1, -0.05) is 60.2 Å². The summed E-state index contributed by atoms with van der Waals surface area (Å²) < 4.78 is 31.4. The van der Waals surface area contributed by atoms with Gasteiger partial charge >= 0.3 is 0 Å². The molecule has 0 aromatic heterocycles. The Labute approximate surface area is 177 Å². The molecule has 0 radical (unpaired) electrons. The second-order valence-corrected chi connectivity index (χ2v) is 8.96. The third-order valence-electron chi connectivity index (χ3n) is 4.40. The lowest BCUT2D eigenvalue weighted by Crippen LogP contribution is -2.36. The minimum Gasteiger partial charge on any atom is -0.455 e. The molecule has 1 N–H and O–H groups in total. The molecule has 0 bridgehead atoms. The van der Waals surface area contributed by atoms with Crippen LogP contribution in [0.5, 0.6) is 11.5 Å². The Kier molecular flexibility index (Phi) is 6.87. The Morgan fingerprint density at radius 3 is 2.23 bits per heavy atom. The van der Waals surface area contributed by atoms with Crippen LogP contribution in [0.2, 0.25) is 0 Å². The number of nitrogens with one attached hydrogen (secondary N) is 1. The molecule has 0 aliphatic heterocycles. The summed E-state index contributed by atoms with van der Waals surface area (Å²) in [4.78, 5) is 12.6. The van der Waals surface area contributed by atoms with Crippen LogP contribution in [0.4, 0.5) is 5.69 Å². The lowest BCUT2D eigenvalue weighted by atomic mass is 10.1. The maximum atomic E-state index is 12.6. The zero-order chi connectivity index (χ0) is 21.6. The van der Waals surface area contributed by atoms with Crippen molar-refractivity contribution in [2.75, 3.05) is 18.1 Å². The van der Waals surface area contributed by atoms with E-state index in [9.17, 15) is 13.2 Å². The number of amides is 1. The maximum Gasteiger partial charge on any atom is 0.239 e. The topological polar surface area (TPSA) is 75.7 Å². The van der Waals surface area contributed by atoms with E-state index in [0.717, 1.165) is 21.7 Å². The third-order valence-corrected chi connectivity index (χ3v) is 5.60. The van der Waals surface area contributed by atoms with E-state index in [1.165, 1.54) is 0 Å².